The van der Waals surface area contributed by atoms with Crippen molar-refractivity contribution in [1.29, 1.82) is 0 Å². The second kappa shape index (κ2) is 15.6. The molecule has 1 heterocycles. The Balaban J connectivity index is 1.20. The van der Waals surface area contributed by atoms with Crippen LogP contribution in [0.5, 0.6) is 0 Å². The molecule has 3 N–H and O–H groups in total. The van der Waals surface area contributed by atoms with E-state index >= 15 is 0 Å². The van der Waals surface area contributed by atoms with Crippen molar-refractivity contribution in [3.8, 4) is 11.3 Å². The standard InChI is InChI=1S/C41H33N3O4S/c1-28-13-11-12-20-35(28)43-41(47)38(30-16-7-3-8-17-30)49-34-24-21-32(22-25-34)42-40(46)36(44-39(45)31-18-9-4-10-19-31)27-33-23-26-37(48-33)29-14-5-2-6-15-29/h2-27,38H,1H3,(H,42,46)(H,43,47)(H,44,45)/b36-27-/t38-/m1/s1. The number of hydrogen-bond donors (Lipinski definition) is 3. The Morgan fingerprint density at radius 1 is 0.673 bits per heavy atom. The van der Waals surface area contributed by atoms with Crippen LogP contribution in [-0.2, 0) is 9.59 Å². The van der Waals surface area contributed by atoms with E-state index in [4.69, 9.17) is 4.42 Å². The maximum Gasteiger partial charge on any atom is 0.272 e. The van der Waals surface area contributed by atoms with E-state index in [1.165, 1.54) is 17.8 Å². The molecule has 0 fully saturated rings. The Bertz CT molecular complexity index is 2080. The van der Waals surface area contributed by atoms with Crippen LogP contribution in [0.15, 0.2) is 167 Å². The molecule has 49 heavy (non-hydrogen) atoms. The van der Waals surface area contributed by atoms with Gasteiger partial charge in [-0.1, -0.05) is 97.1 Å². The van der Waals surface area contributed by atoms with Gasteiger partial charge in [0.05, 0.1) is 0 Å². The first-order valence-electron chi connectivity index (χ1n) is 15.7. The number of carbonyl (C=O) groups is 3. The van der Waals surface area contributed by atoms with Gasteiger partial charge in [-0.15, -0.1) is 11.8 Å². The second-order valence-electron chi connectivity index (χ2n) is 11.1. The van der Waals surface area contributed by atoms with Gasteiger partial charge in [0.1, 0.15) is 22.5 Å². The second-order valence-corrected chi connectivity index (χ2v) is 12.3. The molecular weight excluding hydrogens is 631 g/mol. The van der Waals surface area contributed by atoms with Crippen LogP contribution in [0.4, 0.5) is 11.4 Å². The van der Waals surface area contributed by atoms with Gasteiger partial charge in [0.15, 0.2) is 0 Å². The number of furan rings is 1. The van der Waals surface area contributed by atoms with E-state index in [-0.39, 0.29) is 11.6 Å². The van der Waals surface area contributed by atoms with Crippen LogP contribution >= 0.6 is 11.8 Å². The third-order valence-corrected chi connectivity index (χ3v) is 8.88. The molecule has 0 spiro atoms. The van der Waals surface area contributed by atoms with Gasteiger partial charge < -0.3 is 20.4 Å². The maximum absolute atomic E-state index is 13.6. The number of benzene rings is 5. The summed E-state index contributed by atoms with van der Waals surface area (Å²) in [6.45, 7) is 1.96. The molecule has 6 aromatic rings. The summed E-state index contributed by atoms with van der Waals surface area (Å²) >= 11 is 1.41. The minimum absolute atomic E-state index is 0.0123. The van der Waals surface area contributed by atoms with Crippen molar-refractivity contribution in [3.05, 3.63) is 180 Å². The zero-order chi connectivity index (χ0) is 34.0. The lowest BCUT2D eigenvalue weighted by atomic mass is 10.1. The van der Waals surface area contributed by atoms with E-state index in [1.54, 1.807) is 42.5 Å². The van der Waals surface area contributed by atoms with Gasteiger partial charge in [-0.2, -0.15) is 0 Å². The number of rotatable bonds is 11. The molecule has 0 bridgehead atoms. The van der Waals surface area contributed by atoms with Crippen LogP contribution in [0, 0.1) is 6.92 Å². The normalized spacial score (nSPS) is 11.7. The monoisotopic (exact) mass is 663 g/mol. The van der Waals surface area contributed by atoms with E-state index in [0.717, 1.165) is 27.3 Å². The van der Waals surface area contributed by atoms with Crippen LogP contribution in [-0.4, -0.2) is 17.7 Å². The highest BCUT2D eigenvalue weighted by atomic mass is 32.2. The number of nitrogens with one attached hydrogen (secondary N) is 3. The number of anilines is 2. The molecule has 3 amide bonds. The third kappa shape index (κ3) is 8.62. The maximum atomic E-state index is 13.6. The van der Waals surface area contributed by atoms with Crippen LogP contribution in [0.3, 0.4) is 0 Å². The van der Waals surface area contributed by atoms with Crippen LogP contribution in [0.25, 0.3) is 17.4 Å². The van der Waals surface area contributed by atoms with Crippen molar-refractivity contribution in [1.82, 2.24) is 5.32 Å². The lowest BCUT2D eigenvalue weighted by Gasteiger charge is -2.18. The largest absolute Gasteiger partial charge is 0.457 e. The fourth-order valence-corrected chi connectivity index (χ4v) is 6.06. The first-order valence-corrected chi connectivity index (χ1v) is 16.5. The van der Waals surface area contributed by atoms with E-state index in [1.807, 2.05) is 116 Å². The van der Waals surface area contributed by atoms with Crippen molar-refractivity contribution in [2.45, 2.75) is 17.1 Å². The Hall–Kier alpha value is -6.12. The number of aryl methyl sites for hydroxylation is 1. The van der Waals surface area contributed by atoms with E-state index in [0.29, 0.717) is 22.8 Å². The number of carbonyl (C=O) groups excluding carboxylic acids is 3. The summed E-state index contributed by atoms with van der Waals surface area (Å²) in [6, 6.07) is 46.3. The van der Waals surface area contributed by atoms with Crippen molar-refractivity contribution >= 4 is 46.9 Å². The summed E-state index contributed by atoms with van der Waals surface area (Å²) in [5, 5.41) is 8.18. The zero-order valence-electron chi connectivity index (χ0n) is 26.6. The average Bonchev–Trinajstić information content (AvgIpc) is 3.61. The fraction of sp³-hybridized carbons (Fsp3) is 0.0488. The Labute approximate surface area is 289 Å². The average molecular weight is 664 g/mol. The van der Waals surface area contributed by atoms with Crippen molar-refractivity contribution in [2.75, 3.05) is 10.6 Å². The van der Waals surface area contributed by atoms with E-state index in [9.17, 15) is 14.4 Å². The van der Waals surface area contributed by atoms with Gasteiger partial charge in [-0.25, -0.2) is 0 Å². The smallest absolute Gasteiger partial charge is 0.272 e. The lowest BCUT2D eigenvalue weighted by Crippen LogP contribution is -2.30. The molecule has 0 aliphatic heterocycles. The summed E-state index contributed by atoms with van der Waals surface area (Å²) in [7, 11) is 0. The van der Waals surface area contributed by atoms with Crippen LogP contribution in [0.1, 0.15) is 32.5 Å². The van der Waals surface area contributed by atoms with E-state index < -0.39 is 17.1 Å². The van der Waals surface area contributed by atoms with Gasteiger partial charge in [0, 0.05) is 33.5 Å². The van der Waals surface area contributed by atoms with E-state index in [2.05, 4.69) is 16.0 Å². The minimum atomic E-state index is -0.526. The molecule has 0 aliphatic carbocycles. The molecule has 6 rings (SSSR count). The number of amides is 3. The molecule has 0 saturated carbocycles. The third-order valence-electron chi connectivity index (χ3n) is 7.61. The summed E-state index contributed by atoms with van der Waals surface area (Å²) in [6.07, 6.45) is 1.50. The molecule has 0 aliphatic rings. The molecule has 0 saturated heterocycles. The number of thioether (sulfide) groups is 1. The Kier molecular flexibility index (Phi) is 10.5. The highest BCUT2D eigenvalue weighted by Gasteiger charge is 2.23. The highest BCUT2D eigenvalue weighted by Crippen LogP contribution is 2.37. The minimum Gasteiger partial charge on any atom is -0.457 e. The Morgan fingerprint density at radius 3 is 2.00 bits per heavy atom. The topological polar surface area (TPSA) is 100 Å². The predicted octanol–water partition coefficient (Wildman–Crippen LogP) is 9.14. The molecule has 7 nitrogen and oxygen atoms in total. The summed E-state index contributed by atoms with van der Waals surface area (Å²) < 4.78 is 6.00. The SMILES string of the molecule is Cc1ccccc1NC(=O)[C@H](Sc1ccc(NC(=O)/C(=C/c2ccc(-c3ccccc3)o2)NC(=O)c2ccccc2)cc1)c1ccccc1. The van der Waals surface area contributed by atoms with Crippen LogP contribution < -0.4 is 16.0 Å². The molecule has 5 aromatic carbocycles. The van der Waals surface area contributed by atoms with Gasteiger partial charge in [-0.05, 0) is 72.6 Å². The zero-order valence-corrected chi connectivity index (χ0v) is 27.4. The first kappa shape index (κ1) is 32.8. The van der Waals surface area contributed by atoms with Gasteiger partial charge in [-0.3, -0.25) is 14.4 Å². The number of hydrogen-bond acceptors (Lipinski definition) is 5. The molecule has 1 atom stereocenters. The van der Waals surface area contributed by atoms with Crippen molar-refractivity contribution < 1.29 is 18.8 Å². The fourth-order valence-electron chi connectivity index (χ4n) is 5.04. The molecule has 0 unspecified atom stereocenters. The summed E-state index contributed by atoms with van der Waals surface area (Å²) in [5.74, 6) is -0.0580. The van der Waals surface area contributed by atoms with Crippen molar-refractivity contribution in [3.63, 3.8) is 0 Å². The first-order chi connectivity index (χ1) is 23.9. The van der Waals surface area contributed by atoms with Crippen LogP contribution in [0.2, 0.25) is 0 Å². The predicted molar refractivity (Wildman–Crippen MR) is 196 cm³/mol. The summed E-state index contributed by atoms with van der Waals surface area (Å²) in [4.78, 5) is 41.1. The number of para-hydroxylation sites is 1. The molecule has 0 radical (unpaired) electrons. The lowest BCUT2D eigenvalue weighted by molar-refractivity contribution is -0.116. The molecule has 8 heteroatoms. The van der Waals surface area contributed by atoms with Crippen molar-refractivity contribution in [2.24, 2.45) is 0 Å². The van der Waals surface area contributed by atoms with Gasteiger partial charge >= 0.3 is 0 Å². The quantitative estimate of drug-likeness (QED) is 0.0948. The molecular formula is C41H33N3O4S. The Morgan fingerprint density at radius 2 is 1.31 bits per heavy atom. The highest BCUT2D eigenvalue weighted by molar-refractivity contribution is 8.00. The molecule has 242 valence electrons. The van der Waals surface area contributed by atoms with Gasteiger partial charge in [0.25, 0.3) is 11.8 Å². The summed E-state index contributed by atoms with van der Waals surface area (Å²) in [5.41, 5.74) is 4.43. The molecule has 1 aromatic heterocycles. The van der Waals surface area contributed by atoms with Gasteiger partial charge in [0.2, 0.25) is 5.91 Å².